The van der Waals surface area contributed by atoms with E-state index in [-0.39, 0.29) is 5.91 Å². The van der Waals surface area contributed by atoms with Crippen LogP contribution in [0.4, 0.5) is 0 Å². The average Bonchev–Trinajstić information content (AvgIpc) is 3.07. The third-order valence-electron chi connectivity index (χ3n) is 3.37. The van der Waals surface area contributed by atoms with Crippen LogP contribution >= 0.6 is 0 Å². The normalized spacial score (nSPS) is 10.4. The molecule has 1 amide bonds. The van der Waals surface area contributed by atoms with E-state index in [1.54, 1.807) is 18.3 Å². The number of carbonyl (C=O) groups is 1. The van der Waals surface area contributed by atoms with Gasteiger partial charge in [-0.05, 0) is 36.8 Å². The Morgan fingerprint density at radius 2 is 2.09 bits per heavy atom. The molecule has 0 saturated heterocycles. The number of furan rings is 1. The number of pyridine rings is 1. The van der Waals surface area contributed by atoms with Crippen molar-refractivity contribution in [2.75, 3.05) is 0 Å². The summed E-state index contributed by atoms with van der Waals surface area (Å²) >= 11 is 0. The molecule has 4 nitrogen and oxygen atoms in total. The Balaban J connectivity index is 1.81. The van der Waals surface area contributed by atoms with Crippen LogP contribution in [0.5, 0.6) is 0 Å². The Hall–Kier alpha value is -2.88. The van der Waals surface area contributed by atoms with Crippen molar-refractivity contribution < 1.29 is 9.21 Å². The second kappa shape index (κ2) is 6.26. The van der Waals surface area contributed by atoms with Gasteiger partial charge < -0.3 is 9.73 Å². The number of amides is 1. The zero-order valence-corrected chi connectivity index (χ0v) is 12.2. The molecule has 0 aliphatic carbocycles. The van der Waals surface area contributed by atoms with Crippen LogP contribution in [0.15, 0.2) is 65.4 Å². The minimum Gasteiger partial charge on any atom is -0.459 e. The molecule has 0 radical (unpaired) electrons. The van der Waals surface area contributed by atoms with Gasteiger partial charge in [0, 0.05) is 18.3 Å². The molecule has 0 aliphatic rings. The Morgan fingerprint density at radius 3 is 2.86 bits per heavy atom. The van der Waals surface area contributed by atoms with Crippen LogP contribution in [0.1, 0.15) is 21.7 Å². The zero-order chi connectivity index (χ0) is 15.4. The van der Waals surface area contributed by atoms with Crippen molar-refractivity contribution in [2.24, 2.45) is 0 Å². The van der Waals surface area contributed by atoms with Crippen molar-refractivity contribution in [1.82, 2.24) is 10.3 Å². The van der Waals surface area contributed by atoms with E-state index >= 15 is 0 Å². The number of benzene rings is 1. The number of carbonyl (C=O) groups excluding carboxylic acids is 1. The Labute approximate surface area is 128 Å². The molecule has 3 aromatic rings. The van der Waals surface area contributed by atoms with Crippen LogP contribution < -0.4 is 5.32 Å². The number of hydrogen-bond acceptors (Lipinski definition) is 3. The summed E-state index contributed by atoms with van der Waals surface area (Å²) < 4.78 is 5.09. The monoisotopic (exact) mass is 292 g/mol. The molecule has 110 valence electrons. The molecule has 2 heterocycles. The first-order valence-electron chi connectivity index (χ1n) is 7.06. The van der Waals surface area contributed by atoms with Crippen LogP contribution in [0, 0.1) is 6.92 Å². The topological polar surface area (TPSA) is 55.1 Å². The summed E-state index contributed by atoms with van der Waals surface area (Å²) in [5, 5.41) is 2.85. The summed E-state index contributed by atoms with van der Waals surface area (Å²) in [6, 6.07) is 15.3. The summed E-state index contributed by atoms with van der Waals surface area (Å²) in [7, 11) is 0. The highest BCUT2D eigenvalue weighted by Gasteiger charge is 2.11. The van der Waals surface area contributed by atoms with Crippen LogP contribution in [-0.2, 0) is 6.54 Å². The summed E-state index contributed by atoms with van der Waals surface area (Å²) in [4.78, 5) is 16.4. The first-order chi connectivity index (χ1) is 10.7. The van der Waals surface area contributed by atoms with Crippen LogP contribution in [-0.4, -0.2) is 10.9 Å². The number of hydrogen-bond donors (Lipinski definition) is 1. The maximum Gasteiger partial charge on any atom is 0.287 e. The molecule has 3 rings (SSSR count). The van der Waals surface area contributed by atoms with Crippen molar-refractivity contribution in [2.45, 2.75) is 13.5 Å². The van der Waals surface area contributed by atoms with Crippen molar-refractivity contribution in [3.63, 3.8) is 0 Å². The summed E-state index contributed by atoms with van der Waals surface area (Å²) in [6.45, 7) is 2.45. The van der Waals surface area contributed by atoms with E-state index < -0.39 is 0 Å². The van der Waals surface area contributed by atoms with Gasteiger partial charge in [0.05, 0.1) is 12.0 Å². The van der Waals surface area contributed by atoms with Crippen LogP contribution in [0.3, 0.4) is 0 Å². The molecule has 1 aromatic carbocycles. The maximum absolute atomic E-state index is 12.0. The summed E-state index contributed by atoms with van der Waals surface area (Å²) in [5.41, 5.74) is 4.07. The minimum atomic E-state index is -0.232. The third kappa shape index (κ3) is 3.06. The molecule has 22 heavy (non-hydrogen) atoms. The number of aryl methyl sites for hydroxylation is 1. The van der Waals surface area contributed by atoms with Gasteiger partial charge in [0.15, 0.2) is 5.76 Å². The second-order valence-corrected chi connectivity index (χ2v) is 5.04. The molecule has 0 spiro atoms. The highest BCUT2D eigenvalue weighted by atomic mass is 16.3. The fourth-order valence-electron chi connectivity index (χ4n) is 2.30. The molecule has 0 aliphatic heterocycles. The van der Waals surface area contributed by atoms with E-state index in [4.69, 9.17) is 4.42 Å². The molecular formula is C18H16N2O2. The van der Waals surface area contributed by atoms with Gasteiger partial charge in [0.2, 0.25) is 0 Å². The van der Waals surface area contributed by atoms with Gasteiger partial charge in [-0.3, -0.25) is 9.78 Å². The van der Waals surface area contributed by atoms with E-state index in [0.717, 1.165) is 16.8 Å². The molecule has 1 N–H and O–H groups in total. The molecule has 0 saturated carbocycles. The maximum atomic E-state index is 12.0. The predicted octanol–water partition coefficient (Wildman–Crippen LogP) is 3.58. The van der Waals surface area contributed by atoms with Gasteiger partial charge in [-0.15, -0.1) is 0 Å². The van der Waals surface area contributed by atoms with E-state index in [1.165, 1.54) is 11.8 Å². The molecule has 0 fully saturated rings. The standard InChI is InChI=1S/C18H16N2O2/c1-13-5-2-6-14(11-13)17-15(7-3-9-19-17)12-20-18(21)16-8-4-10-22-16/h2-11H,12H2,1H3,(H,20,21). The zero-order valence-electron chi connectivity index (χ0n) is 12.2. The second-order valence-electron chi connectivity index (χ2n) is 5.04. The highest BCUT2D eigenvalue weighted by molar-refractivity contribution is 5.91. The third-order valence-corrected chi connectivity index (χ3v) is 3.37. The first kappa shape index (κ1) is 14.1. The van der Waals surface area contributed by atoms with Gasteiger partial charge in [0.25, 0.3) is 5.91 Å². The predicted molar refractivity (Wildman–Crippen MR) is 84.3 cm³/mol. The molecule has 0 atom stereocenters. The fourth-order valence-corrected chi connectivity index (χ4v) is 2.30. The molecule has 4 heteroatoms. The van der Waals surface area contributed by atoms with Crippen molar-refractivity contribution in [1.29, 1.82) is 0 Å². The smallest absolute Gasteiger partial charge is 0.287 e. The van der Waals surface area contributed by atoms with Gasteiger partial charge in [0.1, 0.15) is 0 Å². The van der Waals surface area contributed by atoms with E-state index in [9.17, 15) is 4.79 Å². The van der Waals surface area contributed by atoms with Gasteiger partial charge in [-0.2, -0.15) is 0 Å². The lowest BCUT2D eigenvalue weighted by Gasteiger charge is -2.10. The van der Waals surface area contributed by atoms with Gasteiger partial charge in [-0.25, -0.2) is 0 Å². The van der Waals surface area contributed by atoms with Crippen molar-refractivity contribution >= 4 is 5.91 Å². The fraction of sp³-hybridized carbons (Fsp3) is 0.111. The molecule has 0 bridgehead atoms. The van der Waals surface area contributed by atoms with Gasteiger partial charge >= 0.3 is 0 Å². The minimum absolute atomic E-state index is 0.232. The summed E-state index contributed by atoms with van der Waals surface area (Å²) in [6.07, 6.45) is 3.24. The lowest BCUT2D eigenvalue weighted by molar-refractivity contribution is 0.0923. The number of nitrogens with one attached hydrogen (secondary N) is 1. The molecular weight excluding hydrogens is 276 g/mol. The highest BCUT2D eigenvalue weighted by Crippen LogP contribution is 2.22. The molecule has 2 aromatic heterocycles. The Bertz CT molecular complexity index is 779. The van der Waals surface area contributed by atoms with Crippen molar-refractivity contribution in [3.05, 3.63) is 77.9 Å². The van der Waals surface area contributed by atoms with E-state index in [0.29, 0.717) is 12.3 Å². The number of aromatic nitrogens is 1. The largest absolute Gasteiger partial charge is 0.459 e. The SMILES string of the molecule is Cc1cccc(-c2ncccc2CNC(=O)c2ccco2)c1. The van der Waals surface area contributed by atoms with Crippen LogP contribution in [0.2, 0.25) is 0 Å². The Kier molecular flexibility index (Phi) is 4.01. The van der Waals surface area contributed by atoms with E-state index in [1.807, 2.05) is 37.3 Å². The van der Waals surface area contributed by atoms with Crippen molar-refractivity contribution in [3.8, 4) is 11.3 Å². The Morgan fingerprint density at radius 1 is 1.18 bits per heavy atom. The quantitative estimate of drug-likeness (QED) is 0.799. The average molecular weight is 292 g/mol. The summed E-state index contributed by atoms with van der Waals surface area (Å²) in [5.74, 6) is 0.0741. The van der Waals surface area contributed by atoms with Crippen LogP contribution in [0.25, 0.3) is 11.3 Å². The molecule has 0 unspecified atom stereocenters. The van der Waals surface area contributed by atoms with Gasteiger partial charge in [-0.1, -0.05) is 29.8 Å². The number of rotatable bonds is 4. The number of nitrogens with zero attached hydrogens (tertiary/aromatic N) is 1. The lowest BCUT2D eigenvalue weighted by Crippen LogP contribution is -2.22. The lowest BCUT2D eigenvalue weighted by atomic mass is 10.0. The van der Waals surface area contributed by atoms with E-state index in [2.05, 4.69) is 16.4 Å². The first-order valence-corrected chi connectivity index (χ1v) is 7.06.